The molecule has 2 atom stereocenters. The Bertz CT molecular complexity index is 1040. The third-order valence-corrected chi connectivity index (χ3v) is 6.06. The lowest BCUT2D eigenvalue weighted by Crippen LogP contribution is -2.45. The molecule has 10 heteroatoms. The number of nitrogens with zero attached hydrogens (tertiary/aromatic N) is 1. The predicted molar refractivity (Wildman–Crippen MR) is 121 cm³/mol. The van der Waals surface area contributed by atoms with Crippen LogP contribution in [0.5, 0.6) is 17.2 Å². The zero-order chi connectivity index (χ0) is 23.4. The number of carbonyl (C=O) groups excluding carboxylic acids is 3. The summed E-state index contributed by atoms with van der Waals surface area (Å²) in [6.07, 6.45) is 0. The number of anilines is 1. The zero-order valence-electron chi connectivity index (χ0n) is 18.2. The molecule has 3 rings (SSSR count). The molecule has 32 heavy (non-hydrogen) atoms. The van der Waals surface area contributed by atoms with Crippen molar-refractivity contribution < 1.29 is 29.0 Å². The molecule has 0 aliphatic carbocycles. The first-order valence-corrected chi connectivity index (χ1v) is 10.9. The Morgan fingerprint density at radius 2 is 1.94 bits per heavy atom. The number of hydrogen-bond donors (Lipinski definition) is 3. The highest BCUT2D eigenvalue weighted by molar-refractivity contribution is 8.01. The van der Waals surface area contributed by atoms with Crippen LogP contribution in [0, 0.1) is 0 Å². The van der Waals surface area contributed by atoms with Crippen molar-refractivity contribution in [2.75, 3.05) is 19.0 Å². The molecule has 3 N–H and O–H groups in total. The van der Waals surface area contributed by atoms with Crippen molar-refractivity contribution in [1.82, 2.24) is 10.4 Å². The van der Waals surface area contributed by atoms with Crippen LogP contribution in [0.1, 0.15) is 42.1 Å². The van der Waals surface area contributed by atoms with Gasteiger partial charge in [0.15, 0.2) is 11.5 Å². The monoisotopic (exact) mass is 459 g/mol. The van der Waals surface area contributed by atoms with Gasteiger partial charge in [-0.05, 0) is 43.7 Å². The average Bonchev–Trinajstić information content (AvgIpc) is 3.02. The number of methoxy groups -OCH3 is 1. The van der Waals surface area contributed by atoms with E-state index in [0.717, 1.165) is 0 Å². The van der Waals surface area contributed by atoms with Crippen LogP contribution in [0.3, 0.4) is 0 Å². The summed E-state index contributed by atoms with van der Waals surface area (Å²) in [4.78, 5) is 37.2. The number of amides is 3. The molecule has 0 unspecified atom stereocenters. The molecular weight excluding hydrogens is 434 g/mol. The van der Waals surface area contributed by atoms with E-state index in [1.807, 2.05) is 0 Å². The number of rotatable bonds is 7. The fraction of sp³-hybridized carbons (Fsp3) is 0.318. The van der Waals surface area contributed by atoms with Gasteiger partial charge in [-0.15, -0.1) is 11.8 Å². The van der Waals surface area contributed by atoms with Gasteiger partial charge in [-0.25, -0.2) is 5.01 Å². The molecule has 1 heterocycles. The van der Waals surface area contributed by atoms with Gasteiger partial charge in [0, 0.05) is 18.7 Å². The minimum Gasteiger partial charge on any atom is -0.504 e. The maximum atomic E-state index is 13.1. The highest BCUT2D eigenvalue weighted by Gasteiger charge is 2.40. The standard InChI is InChI=1S/C22H25N3O6S/c1-5-31-18-11-15(23-13(3)26)7-8-16(18)20(28)24-25-21(29)12(2)32-22(25)14-6-9-17(27)19(10-14)30-4/h6-12,22,27H,5H2,1-4H3,(H,23,26)(H,24,28)/t12-,22+/m1/s1. The fourth-order valence-electron chi connectivity index (χ4n) is 3.25. The van der Waals surface area contributed by atoms with Gasteiger partial charge in [-0.1, -0.05) is 6.07 Å². The molecule has 0 bridgehead atoms. The Labute approximate surface area is 190 Å². The van der Waals surface area contributed by atoms with E-state index in [1.165, 1.54) is 42.9 Å². The first-order chi connectivity index (χ1) is 15.2. The highest BCUT2D eigenvalue weighted by Crippen LogP contribution is 2.43. The van der Waals surface area contributed by atoms with Gasteiger partial charge in [-0.3, -0.25) is 19.8 Å². The van der Waals surface area contributed by atoms with Crippen molar-refractivity contribution in [3.05, 3.63) is 47.5 Å². The topological polar surface area (TPSA) is 117 Å². The highest BCUT2D eigenvalue weighted by atomic mass is 32.2. The van der Waals surface area contributed by atoms with Gasteiger partial charge >= 0.3 is 0 Å². The van der Waals surface area contributed by atoms with E-state index < -0.39 is 11.3 Å². The van der Waals surface area contributed by atoms with Crippen molar-refractivity contribution in [3.63, 3.8) is 0 Å². The maximum Gasteiger partial charge on any atom is 0.273 e. The van der Waals surface area contributed by atoms with Gasteiger partial charge in [0.05, 0.1) is 24.5 Å². The Morgan fingerprint density at radius 1 is 1.19 bits per heavy atom. The van der Waals surface area contributed by atoms with Gasteiger partial charge in [0.25, 0.3) is 11.8 Å². The number of carbonyl (C=O) groups is 3. The van der Waals surface area contributed by atoms with E-state index in [0.29, 0.717) is 17.9 Å². The molecular formula is C22H25N3O6S. The zero-order valence-corrected chi connectivity index (χ0v) is 19.0. The number of ether oxygens (including phenoxy) is 2. The van der Waals surface area contributed by atoms with Crippen LogP contribution >= 0.6 is 11.8 Å². The molecule has 0 spiro atoms. The summed E-state index contributed by atoms with van der Waals surface area (Å²) >= 11 is 1.37. The number of phenols is 1. The van der Waals surface area contributed by atoms with Crippen molar-refractivity contribution >= 4 is 35.2 Å². The molecule has 1 saturated heterocycles. The fourth-order valence-corrected chi connectivity index (χ4v) is 4.45. The van der Waals surface area contributed by atoms with E-state index in [4.69, 9.17) is 9.47 Å². The Kier molecular flexibility index (Phi) is 7.14. The molecule has 1 aliphatic heterocycles. The molecule has 0 radical (unpaired) electrons. The predicted octanol–water partition coefficient (Wildman–Crippen LogP) is 3.07. The number of thioether (sulfide) groups is 1. The SMILES string of the molecule is CCOc1cc(NC(C)=O)ccc1C(=O)NN1C(=O)[C@@H](C)S[C@H]1c1ccc(O)c(OC)c1. The van der Waals surface area contributed by atoms with Crippen LogP contribution in [-0.4, -0.2) is 46.8 Å². The minimum atomic E-state index is -0.526. The molecule has 3 amide bonds. The minimum absolute atomic E-state index is 0.0187. The van der Waals surface area contributed by atoms with Gasteiger partial charge in [-0.2, -0.15) is 0 Å². The molecule has 1 aliphatic rings. The summed E-state index contributed by atoms with van der Waals surface area (Å²) < 4.78 is 10.8. The largest absolute Gasteiger partial charge is 0.504 e. The number of benzene rings is 2. The molecule has 9 nitrogen and oxygen atoms in total. The van der Waals surface area contributed by atoms with Gasteiger partial charge < -0.3 is 19.9 Å². The molecule has 2 aromatic carbocycles. The third kappa shape index (κ3) is 4.91. The summed E-state index contributed by atoms with van der Waals surface area (Å²) in [5, 5.41) is 12.9. The van der Waals surface area contributed by atoms with Gasteiger partial charge in [0.2, 0.25) is 5.91 Å². The second kappa shape index (κ2) is 9.82. The maximum absolute atomic E-state index is 13.1. The molecule has 2 aromatic rings. The summed E-state index contributed by atoms with van der Waals surface area (Å²) in [5.74, 6) is -0.491. The third-order valence-electron chi connectivity index (χ3n) is 4.71. The van der Waals surface area contributed by atoms with Crippen molar-refractivity contribution in [1.29, 1.82) is 0 Å². The normalized spacial score (nSPS) is 17.8. The van der Waals surface area contributed by atoms with E-state index in [9.17, 15) is 19.5 Å². The van der Waals surface area contributed by atoms with E-state index in [2.05, 4.69) is 10.7 Å². The molecule has 0 saturated carbocycles. The van der Waals surface area contributed by atoms with Crippen molar-refractivity contribution in [3.8, 4) is 17.2 Å². The van der Waals surface area contributed by atoms with Crippen LogP contribution < -0.4 is 20.2 Å². The van der Waals surface area contributed by atoms with Crippen molar-refractivity contribution in [2.45, 2.75) is 31.4 Å². The molecule has 0 aromatic heterocycles. The second-order valence-electron chi connectivity index (χ2n) is 7.04. The quantitative estimate of drug-likeness (QED) is 0.582. The Morgan fingerprint density at radius 3 is 2.59 bits per heavy atom. The van der Waals surface area contributed by atoms with Gasteiger partial charge in [0.1, 0.15) is 11.1 Å². The summed E-state index contributed by atoms with van der Waals surface area (Å²) in [6, 6.07) is 9.46. The smallest absolute Gasteiger partial charge is 0.273 e. The molecule has 170 valence electrons. The Hall–Kier alpha value is -3.40. The first-order valence-electron chi connectivity index (χ1n) is 9.96. The number of phenolic OH excluding ortho intramolecular Hbond substituents is 1. The molecule has 1 fully saturated rings. The van der Waals surface area contributed by atoms with E-state index in [1.54, 1.807) is 38.1 Å². The van der Waals surface area contributed by atoms with Crippen LogP contribution in [0.25, 0.3) is 0 Å². The van der Waals surface area contributed by atoms with Crippen LogP contribution in [0.15, 0.2) is 36.4 Å². The van der Waals surface area contributed by atoms with Crippen LogP contribution in [0.2, 0.25) is 0 Å². The average molecular weight is 460 g/mol. The summed E-state index contributed by atoms with van der Waals surface area (Å²) in [5.41, 5.74) is 4.09. The lowest BCUT2D eigenvalue weighted by molar-refractivity contribution is -0.132. The Balaban J connectivity index is 1.89. The van der Waals surface area contributed by atoms with Crippen molar-refractivity contribution in [2.24, 2.45) is 0 Å². The summed E-state index contributed by atoms with van der Waals surface area (Å²) in [6.45, 7) is 5.24. The van der Waals surface area contributed by atoms with Crippen LogP contribution in [0.4, 0.5) is 5.69 Å². The number of nitrogens with one attached hydrogen (secondary N) is 2. The number of hydrazine groups is 1. The van der Waals surface area contributed by atoms with Crippen LogP contribution in [-0.2, 0) is 9.59 Å². The summed E-state index contributed by atoms with van der Waals surface area (Å²) in [7, 11) is 1.44. The second-order valence-corrected chi connectivity index (χ2v) is 8.46. The lowest BCUT2D eigenvalue weighted by Gasteiger charge is -2.25. The number of aromatic hydroxyl groups is 1. The lowest BCUT2D eigenvalue weighted by atomic mass is 10.1. The number of hydrogen-bond acceptors (Lipinski definition) is 7. The van der Waals surface area contributed by atoms with E-state index >= 15 is 0 Å². The first kappa shape index (κ1) is 23.3. The van der Waals surface area contributed by atoms with E-state index in [-0.39, 0.29) is 39.9 Å².